The maximum atomic E-state index is 12.9. The molecule has 0 spiro atoms. The lowest BCUT2D eigenvalue weighted by Gasteiger charge is -2.32. The zero-order valence-electron chi connectivity index (χ0n) is 11.9. The molecule has 1 aromatic rings. The molecule has 0 bridgehead atoms. The number of carbonyl (C=O) groups is 1. The standard InChI is InChI=1S/C17H22N2O/c20-17-16(18-10-4-1-5-11-18)12-14-9-8-13-6-2-3-7-15(13)19(14)17/h2-3,6-7,14,16H,1,4-5,8-12H2. The van der Waals surface area contributed by atoms with Crippen molar-refractivity contribution in [1.29, 1.82) is 0 Å². The largest absolute Gasteiger partial charge is 0.308 e. The molecular formula is C17H22N2O. The molecule has 0 radical (unpaired) electrons. The van der Waals surface area contributed by atoms with E-state index in [1.807, 2.05) is 0 Å². The second kappa shape index (κ2) is 4.88. The van der Waals surface area contributed by atoms with Crippen LogP contribution in [0.3, 0.4) is 0 Å². The number of likely N-dealkylation sites (tertiary alicyclic amines) is 1. The molecule has 0 aromatic heterocycles. The fourth-order valence-electron chi connectivity index (χ4n) is 4.18. The van der Waals surface area contributed by atoms with Gasteiger partial charge in [0.2, 0.25) is 5.91 Å². The fraction of sp³-hybridized carbons (Fsp3) is 0.588. The zero-order valence-corrected chi connectivity index (χ0v) is 11.9. The van der Waals surface area contributed by atoms with Gasteiger partial charge in [-0.1, -0.05) is 24.6 Å². The van der Waals surface area contributed by atoms with Crippen molar-refractivity contribution in [2.75, 3.05) is 18.0 Å². The third-order valence-corrected chi connectivity index (χ3v) is 5.21. The first kappa shape index (κ1) is 12.4. The number of hydrogen-bond donors (Lipinski definition) is 0. The molecule has 3 aliphatic heterocycles. The first-order chi connectivity index (χ1) is 9.84. The molecule has 3 heterocycles. The molecule has 1 amide bonds. The van der Waals surface area contributed by atoms with Crippen LogP contribution in [0.5, 0.6) is 0 Å². The summed E-state index contributed by atoms with van der Waals surface area (Å²) in [4.78, 5) is 17.4. The van der Waals surface area contributed by atoms with Gasteiger partial charge in [0, 0.05) is 11.7 Å². The summed E-state index contributed by atoms with van der Waals surface area (Å²) in [5, 5.41) is 0. The van der Waals surface area contributed by atoms with Crippen molar-refractivity contribution >= 4 is 11.6 Å². The highest BCUT2D eigenvalue weighted by Crippen LogP contribution is 2.38. The molecule has 0 aliphatic carbocycles. The van der Waals surface area contributed by atoms with E-state index in [0.29, 0.717) is 11.9 Å². The summed E-state index contributed by atoms with van der Waals surface area (Å²) in [6.45, 7) is 2.22. The van der Waals surface area contributed by atoms with Crippen LogP contribution >= 0.6 is 0 Å². The number of fused-ring (bicyclic) bond motifs is 3. The summed E-state index contributed by atoms with van der Waals surface area (Å²) < 4.78 is 0. The molecule has 20 heavy (non-hydrogen) atoms. The number of piperidine rings is 1. The van der Waals surface area contributed by atoms with E-state index in [9.17, 15) is 4.79 Å². The maximum Gasteiger partial charge on any atom is 0.244 e. The average molecular weight is 270 g/mol. The van der Waals surface area contributed by atoms with E-state index in [0.717, 1.165) is 32.4 Å². The van der Waals surface area contributed by atoms with Gasteiger partial charge < -0.3 is 4.90 Å². The number of amides is 1. The number of para-hydroxylation sites is 1. The van der Waals surface area contributed by atoms with Crippen molar-refractivity contribution < 1.29 is 4.79 Å². The van der Waals surface area contributed by atoms with Gasteiger partial charge >= 0.3 is 0 Å². The van der Waals surface area contributed by atoms with Crippen molar-refractivity contribution in [2.24, 2.45) is 0 Å². The lowest BCUT2D eigenvalue weighted by atomic mass is 9.96. The minimum absolute atomic E-state index is 0.145. The predicted molar refractivity (Wildman–Crippen MR) is 79.9 cm³/mol. The van der Waals surface area contributed by atoms with Crippen molar-refractivity contribution in [3.05, 3.63) is 29.8 Å². The third kappa shape index (κ3) is 1.87. The topological polar surface area (TPSA) is 23.6 Å². The van der Waals surface area contributed by atoms with Gasteiger partial charge in [-0.05, 0) is 56.8 Å². The van der Waals surface area contributed by atoms with E-state index in [4.69, 9.17) is 0 Å². The number of anilines is 1. The van der Waals surface area contributed by atoms with Crippen LogP contribution in [0.2, 0.25) is 0 Å². The van der Waals surface area contributed by atoms with Crippen LogP contribution < -0.4 is 4.90 Å². The minimum atomic E-state index is 0.145. The number of nitrogens with zero attached hydrogens (tertiary/aromatic N) is 2. The number of hydrogen-bond acceptors (Lipinski definition) is 2. The van der Waals surface area contributed by atoms with Crippen LogP contribution in [0.1, 0.15) is 37.7 Å². The number of rotatable bonds is 1. The Morgan fingerprint density at radius 1 is 1.05 bits per heavy atom. The van der Waals surface area contributed by atoms with Gasteiger partial charge in [-0.25, -0.2) is 0 Å². The van der Waals surface area contributed by atoms with E-state index in [2.05, 4.69) is 34.1 Å². The third-order valence-electron chi connectivity index (χ3n) is 5.21. The van der Waals surface area contributed by atoms with Crippen LogP contribution in [0, 0.1) is 0 Å². The summed E-state index contributed by atoms with van der Waals surface area (Å²) in [5.74, 6) is 0.351. The van der Waals surface area contributed by atoms with Crippen molar-refractivity contribution in [3.63, 3.8) is 0 Å². The van der Waals surface area contributed by atoms with Crippen LogP contribution in [-0.4, -0.2) is 36.0 Å². The highest BCUT2D eigenvalue weighted by atomic mass is 16.2. The van der Waals surface area contributed by atoms with E-state index in [1.54, 1.807) is 0 Å². The van der Waals surface area contributed by atoms with Gasteiger partial charge in [0.1, 0.15) is 0 Å². The lowest BCUT2D eigenvalue weighted by Crippen LogP contribution is -2.45. The Bertz CT molecular complexity index is 521. The molecule has 1 aromatic carbocycles. The summed E-state index contributed by atoms with van der Waals surface area (Å²) in [6.07, 6.45) is 7.13. The highest BCUT2D eigenvalue weighted by molar-refractivity contribution is 6.01. The molecule has 2 fully saturated rings. The SMILES string of the molecule is O=C1C(N2CCCCC2)CC2CCc3ccccc3N12. The van der Waals surface area contributed by atoms with Crippen LogP contribution in [0.25, 0.3) is 0 Å². The Morgan fingerprint density at radius 2 is 1.85 bits per heavy atom. The maximum absolute atomic E-state index is 12.9. The molecule has 106 valence electrons. The molecular weight excluding hydrogens is 248 g/mol. The number of aryl methyl sites for hydroxylation is 1. The van der Waals surface area contributed by atoms with Gasteiger partial charge in [0.15, 0.2) is 0 Å². The normalized spacial score (nSPS) is 30.2. The molecule has 3 nitrogen and oxygen atoms in total. The monoisotopic (exact) mass is 270 g/mol. The molecule has 2 unspecified atom stereocenters. The summed E-state index contributed by atoms with van der Waals surface area (Å²) in [6, 6.07) is 9.02. The van der Waals surface area contributed by atoms with Crippen LogP contribution in [0.15, 0.2) is 24.3 Å². The van der Waals surface area contributed by atoms with Gasteiger partial charge in [0.25, 0.3) is 0 Å². The number of benzene rings is 1. The molecule has 4 rings (SSSR count). The number of carbonyl (C=O) groups excluding carboxylic acids is 1. The van der Waals surface area contributed by atoms with Gasteiger partial charge in [-0.2, -0.15) is 0 Å². The zero-order chi connectivity index (χ0) is 13.5. The quantitative estimate of drug-likeness (QED) is 0.783. The molecule has 2 atom stereocenters. The van der Waals surface area contributed by atoms with Crippen LogP contribution in [-0.2, 0) is 11.2 Å². The molecule has 3 heteroatoms. The van der Waals surface area contributed by atoms with Gasteiger partial charge in [-0.15, -0.1) is 0 Å². The molecule has 3 aliphatic rings. The van der Waals surface area contributed by atoms with E-state index in [-0.39, 0.29) is 6.04 Å². The predicted octanol–water partition coefficient (Wildman–Crippen LogP) is 2.59. The van der Waals surface area contributed by atoms with E-state index in [1.165, 1.54) is 30.5 Å². The second-order valence-corrected chi connectivity index (χ2v) is 6.38. The lowest BCUT2D eigenvalue weighted by molar-refractivity contribution is -0.122. The first-order valence-electron chi connectivity index (χ1n) is 7.99. The summed E-state index contributed by atoms with van der Waals surface area (Å²) >= 11 is 0. The molecule has 0 saturated carbocycles. The molecule has 0 N–H and O–H groups in total. The summed E-state index contributed by atoms with van der Waals surface area (Å²) in [5.41, 5.74) is 2.52. The highest BCUT2D eigenvalue weighted by Gasteiger charge is 2.45. The van der Waals surface area contributed by atoms with Crippen molar-refractivity contribution in [1.82, 2.24) is 4.90 Å². The molecule has 2 saturated heterocycles. The Balaban J connectivity index is 1.63. The average Bonchev–Trinajstić information content (AvgIpc) is 2.86. The Kier molecular flexibility index (Phi) is 3.03. The first-order valence-corrected chi connectivity index (χ1v) is 7.99. The van der Waals surface area contributed by atoms with Gasteiger partial charge in [-0.3, -0.25) is 9.69 Å². The smallest absolute Gasteiger partial charge is 0.244 e. The Morgan fingerprint density at radius 3 is 2.70 bits per heavy atom. The van der Waals surface area contributed by atoms with E-state index < -0.39 is 0 Å². The Hall–Kier alpha value is -1.35. The Labute approximate surface area is 120 Å². The van der Waals surface area contributed by atoms with E-state index >= 15 is 0 Å². The van der Waals surface area contributed by atoms with Crippen LogP contribution in [0.4, 0.5) is 5.69 Å². The second-order valence-electron chi connectivity index (χ2n) is 6.38. The van der Waals surface area contributed by atoms with Crippen molar-refractivity contribution in [3.8, 4) is 0 Å². The fourth-order valence-corrected chi connectivity index (χ4v) is 4.18. The van der Waals surface area contributed by atoms with Gasteiger partial charge in [0.05, 0.1) is 6.04 Å². The minimum Gasteiger partial charge on any atom is -0.308 e. The summed E-state index contributed by atoms with van der Waals surface area (Å²) in [7, 11) is 0. The van der Waals surface area contributed by atoms with Crippen molar-refractivity contribution in [2.45, 2.75) is 50.6 Å².